The maximum Gasteiger partial charge on any atom is 0.408 e. The summed E-state index contributed by atoms with van der Waals surface area (Å²) in [5, 5.41) is 17.4. The summed E-state index contributed by atoms with van der Waals surface area (Å²) >= 11 is 0. The molecule has 0 radical (unpaired) electrons. The second-order valence-electron chi connectivity index (χ2n) is 10.9. The SMILES string of the molecule is [2H]c1cc(C[C@](C)(NC(=O)OC2C3CC4CC(C3)CC2C4)C(=O)NCCc2ccccc2)cc[n+]1[O-]. The number of alkyl carbamates (subject to hydrolysis) is 1. The first-order valence-corrected chi connectivity index (χ1v) is 12.8. The lowest BCUT2D eigenvalue weighted by atomic mass is 9.55. The third kappa shape index (κ3) is 5.44. The highest BCUT2D eigenvalue weighted by molar-refractivity contribution is 5.90. The Labute approximate surface area is 208 Å². The number of ether oxygens (including phenoxy) is 1. The van der Waals surface area contributed by atoms with Crippen molar-refractivity contribution in [2.75, 3.05) is 6.54 Å². The van der Waals surface area contributed by atoms with Crippen molar-refractivity contribution in [3.63, 3.8) is 0 Å². The van der Waals surface area contributed by atoms with E-state index in [-0.39, 0.29) is 24.6 Å². The Balaban J connectivity index is 1.27. The molecular weight excluding hydrogens is 442 g/mol. The Morgan fingerprint density at radius 3 is 2.40 bits per heavy atom. The lowest BCUT2D eigenvalue weighted by Crippen LogP contribution is -2.60. The summed E-state index contributed by atoms with van der Waals surface area (Å²) in [5.41, 5.74) is 0.416. The lowest BCUT2D eigenvalue weighted by molar-refractivity contribution is -0.605. The molecule has 2 aromatic rings. The number of hydrogen-bond donors (Lipinski definition) is 2. The van der Waals surface area contributed by atoms with Crippen LogP contribution in [0.4, 0.5) is 4.79 Å². The Morgan fingerprint density at radius 2 is 1.74 bits per heavy atom. The van der Waals surface area contributed by atoms with E-state index in [4.69, 9.17) is 6.11 Å². The van der Waals surface area contributed by atoms with E-state index in [0.29, 0.717) is 35.1 Å². The van der Waals surface area contributed by atoms with Crippen molar-refractivity contribution in [2.24, 2.45) is 23.7 Å². The second kappa shape index (κ2) is 9.88. The molecule has 0 saturated heterocycles. The minimum atomic E-state index is -1.30. The van der Waals surface area contributed by atoms with Gasteiger partial charge in [-0.1, -0.05) is 30.3 Å². The quantitative estimate of drug-likeness (QED) is 0.448. The number of benzene rings is 1. The van der Waals surface area contributed by atoms with Gasteiger partial charge >= 0.3 is 6.09 Å². The van der Waals surface area contributed by atoms with Crippen LogP contribution in [0, 0.1) is 28.9 Å². The number of nitrogens with zero attached hydrogens (tertiary/aromatic N) is 1. The molecule has 4 saturated carbocycles. The third-order valence-electron chi connectivity index (χ3n) is 8.16. The largest absolute Gasteiger partial charge is 0.619 e. The molecule has 7 nitrogen and oxygen atoms in total. The zero-order valence-corrected chi connectivity index (χ0v) is 20.2. The van der Waals surface area contributed by atoms with Crippen LogP contribution in [-0.4, -0.2) is 30.2 Å². The molecule has 1 atom stereocenters. The van der Waals surface area contributed by atoms with Crippen molar-refractivity contribution in [1.82, 2.24) is 10.6 Å². The molecule has 6 rings (SSSR count). The van der Waals surface area contributed by atoms with Crippen LogP contribution in [0.5, 0.6) is 0 Å². The third-order valence-corrected chi connectivity index (χ3v) is 8.16. The molecule has 4 bridgehead atoms. The molecule has 4 aliphatic carbocycles. The van der Waals surface area contributed by atoms with Gasteiger partial charge in [0.15, 0.2) is 12.4 Å². The highest BCUT2D eigenvalue weighted by atomic mass is 16.6. The number of rotatable bonds is 8. The van der Waals surface area contributed by atoms with E-state index in [9.17, 15) is 14.8 Å². The number of carbonyl (C=O) groups excluding carboxylic acids is 2. The van der Waals surface area contributed by atoms with Crippen molar-refractivity contribution in [3.8, 4) is 0 Å². The van der Waals surface area contributed by atoms with Crippen LogP contribution in [0.2, 0.25) is 0 Å². The van der Waals surface area contributed by atoms with Gasteiger partial charge in [-0.2, -0.15) is 4.73 Å². The van der Waals surface area contributed by atoms with Crippen molar-refractivity contribution >= 4 is 12.0 Å². The molecule has 1 aromatic heterocycles. The van der Waals surface area contributed by atoms with Crippen molar-refractivity contribution in [2.45, 2.75) is 63.5 Å². The van der Waals surface area contributed by atoms with Crippen LogP contribution in [0.15, 0.2) is 54.8 Å². The highest BCUT2D eigenvalue weighted by Crippen LogP contribution is 2.54. The van der Waals surface area contributed by atoms with Gasteiger partial charge in [0.2, 0.25) is 5.91 Å². The predicted molar refractivity (Wildman–Crippen MR) is 131 cm³/mol. The summed E-state index contributed by atoms with van der Waals surface area (Å²) in [6, 6.07) is 12.9. The number of aromatic nitrogens is 1. The highest BCUT2D eigenvalue weighted by Gasteiger charge is 2.50. The zero-order chi connectivity index (χ0) is 25.3. The fourth-order valence-electron chi connectivity index (χ4n) is 6.71. The summed E-state index contributed by atoms with van der Waals surface area (Å²) < 4.78 is 14.3. The van der Waals surface area contributed by atoms with Crippen LogP contribution in [-0.2, 0) is 22.4 Å². The van der Waals surface area contributed by atoms with Crippen LogP contribution in [0.25, 0.3) is 0 Å². The average Bonchev–Trinajstić information content (AvgIpc) is 2.84. The first kappa shape index (κ1) is 22.4. The molecule has 2 amide bonds. The number of pyridine rings is 1. The van der Waals surface area contributed by atoms with E-state index >= 15 is 0 Å². The van der Waals surface area contributed by atoms with Gasteiger partial charge in [0, 0.05) is 25.1 Å². The van der Waals surface area contributed by atoms with Crippen LogP contribution < -0.4 is 15.4 Å². The predicted octanol–water partition coefficient (Wildman–Crippen LogP) is 3.53. The summed E-state index contributed by atoms with van der Waals surface area (Å²) in [5.74, 6) is 2.07. The molecule has 4 aliphatic rings. The Morgan fingerprint density at radius 1 is 1.06 bits per heavy atom. The van der Waals surface area contributed by atoms with Crippen molar-refractivity contribution in [1.29, 1.82) is 0 Å². The molecule has 0 aliphatic heterocycles. The normalized spacial score (nSPS) is 28.6. The first-order valence-electron chi connectivity index (χ1n) is 13.3. The van der Waals surface area contributed by atoms with Gasteiger partial charge in [-0.3, -0.25) is 4.79 Å². The Kier molecular flexibility index (Phi) is 6.32. The molecule has 35 heavy (non-hydrogen) atoms. The maximum absolute atomic E-state index is 13.4. The van der Waals surface area contributed by atoms with E-state index in [1.807, 2.05) is 30.3 Å². The van der Waals surface area contributed by atoms with Crippen molar-refractivity contribution in [3.05, 3.63) is 71.2 Å². The first-order chi connectivity index (χ1) is 17.3. The van der Waals surface area contributed by atoms with E-state index in [1.165, 1.54) is 18.7 Å². The smallest absolute Gasteiger partial charge is 0.408 e. The topological polar surface area (TPSA) is 94.4 Å². The van der Waals surface area contributed by atoms with Gasteiger partial charge in [0.25, 0.3) is 0 Å². The fourth-order valence-corrected chi connectivity index (χ4v) is 6.71. The molecule has 4 fully saturated rings. The number of carbonyl (C=O) groups is 2. The molecule has 7 heteroatoms. The monoisotopic (exact) mass is 478 g/mol. The number of hydrogen-bond acceptors (Lipinski definition) is 4. The van der Waals surface area contributed by atoms with Gasteiger partial charge in [-0.05, 0) is 80.2 Å². The number of amides is 2. The molecular formula is C28H35N3O4. The second-order valence-corrected chi connectivity index (χ2v) is 10.9. The summed E-state index contributed by atoms with van der Waals surface area (Å²) in [7, 11) is 0. The zero-order valence-electron chi connectivity index (χ0n) is 21.2. The van der Waals surface area contributed by atoms with Crippen LogP contribution in [0.1, 0.15) is 51.5 Å². The van der Waals surface area contributed by atoms with Gasteiger partial charge < -0.3 is 20.6 Å². The minimum absolute atomic E-state index is 0.0841. The van der Waals surface area contributed by atoms with Crippen molar-refractivity contribution < 1.29 is 20.4 Å². The fraction of sp³-hybridized carbons (Fsp3) is 0.536. The number of nitrogens with one attached hydrogen (secondary N) is 2. The molecule has 1 aromatic carbocycles. The molecule has 1 heterocycles. The minimum Gasteiger partial charge on any atom is -0.619 e. The van der Waals surface area contributed by atoms with E-state index in [0.717, 1.165) is 43.1 Å². The van der Waals surface area contributed by atoms with Gasteiger partial charge in [0.05, 0.1) is 0 Å². The Hall–Kier alpha value is -3.09. The molecule has 0 spiro atoms. The van der Waals surface area contributed by atoms with Crippen LogP contribution >= 0.6 is 0 Å². The Bertz CT molecular complexity index is 1080. The molecule has 2 N–H and O–H groups in total. The van der Waals surface area contributed by atoms with E-state index in [1.54, 1.807) is 13.0 Å². The van der Waals surface area contributed by atoms with Crippen LogP contribution in [0.3, 0.4) is 0 Å². The summed E-state index contributed by atoms with van der Waals surface area (Å²) in [4.78, 5) is 26.5. The standard InChI is InChI=1S/C28H35N3O4/c1-28(18-20-8-11-31(34)12-9-20,26(32)29-10-7-19-5-3-2-4-6-19)30-27(33)35-25-23-14-21-13-22(16-23)17-24(25)15-21/h2-6,8-9,11-12,21-25H,7,10,13-18H2,1H3,(H,29,32)(H,30,33)/t21?,22?,23?,24?,25?,28-/m0/s1/i11D. The molecule has 186 valence electrons. The van der Waals surface area contributed by atoms with E-state index in [2.05, 4.69) is 10.6 Å². The van der Waals surface area contributed by atoms with Gasteiger partial charge in [0.1, 0.15) is 13.0 Å². The maximum atomic E-state index is 13.4. The van der Waals surface area contributed by atoms with E-state index < -0.39 is 11.6 Å². The summed E-state index contributed by atoms with van der Waals surface area (Å²) in [6.07, 6.45) is 7.03. The molecule has 0 unspecified atom stereocenters. The van der Waals surface area contributed by atoms with Gasteiger partial charge in [-0.25, -0.2) is 4.79 Å². The van der Waals surface area contributed by atoms with Gasteiger partial charge in [-0.15, -0.1) is 0 Å². The average molecular weight is 479 g/mol. The summed E-state index contributed by atoms with van der Waals surface area (Å²) in [6.45, 7) is 2.09. The lowest BCUT2D eigenvalue weighted by Gasteiger charge is -2.53.